The summed E-state index contributed by atoms with van der Waals surface area (Å²) >= 11 is 5.62. The second-order valence-corrected chi connectivity index (χ2v) is 5.53. The molecule has 0 spiro atoms. The van der Waals surface area contributed by atoms with E-state index in [2.05, 4.69) is 5.43 Å². The van der Waals surface area contributed by atoms with E-state index in [0.717, 1.165) is 5.70 Å². The maximum absolute atomic E-state index is 12.2. The number of amides is 1. The molecule has 2 aliphatic rings. The van der Waals surface area contributed by atoms with Crippen molar-refractivity contribution in [1.29, 1.82) is 5.41 Å². The number of morpholine rings is 1. The summed E-state index contributed by atoms with van der Waals surface area (Å²) in [6, 6.07) is 0. The zero-order valence-electron chi connectivity index (χ0n) is 13.1. The van der Waals surface area contributed by atoms with Crippen molar-refractivity contribution in [3.63, 3.8) is 0 Å². The topological polar surface area (TPSA) is 104 Å². The van der Waals surface area contributed by atoms with Crippen molar-refractivity contribution in [3.8, 4) is 0 Å². The summed E-state index contributed by atoms with van der Waals surface area (Å²) in [6.07, 6.45) is 2.47. The Morgan fingerprint density at radius 1 is 1.52 bits per heavy atom. The van der Waals surface area contributed by atoms with Gasteiger partial charge in [0, 0.05) is 31.9 Å². The van der Waals surface area contributed by atoms with E-state index >= 15 is 0 Å². The molecule has 9 heteroatoms. The average Bonchev–Trinajstić information content (AvgIpc) is 2.85. The number of ether oxygens (including phenoxy) is 2. The van der Waals surface area contributed by atoms with Crippen LogP contribution in [0.3, 0.4) is 0 Å². The van der Waals surface area contributed by atoms with Crippen LogP contribution in [0.25, 0.3) is 0 Å². The largest absolute Gasteiger partial charge is 0.415 e. The molecule has 0 aromatic carbocycles. The van der Waals surface area contributed by atoms with Gasteiger partial charge in [0.2, 0.25) is 0 Å². The molecule has 1 saturated heterocycles. The number of nitrogens with zero attached hydrogens (tertiary/aromatic N) is 2. The minimum atomic E-state index is -0.546. The fourth-order valence-electron chi connectivity index (χ4n) is 2.23. The van der Waals surface area contributed by atoms with Gasteiger partial charge in [-0.15, -0.1) is 0 Å². The highest BCUT2D eigenvalue weighted by atomic mass is 35.5. The number of hydrogen-bond acceptors (Lipinski definition) is 7. The Kier molecular flexibility index (Phi) is 5.51. The second kappa shape index (κ2) is 7.38. The predicted octanol–water partition coefficient (Wildman–Crippen LogP) is 1.08. The standard InChI is InChI=1S/C14H20ClN5O3/c1-9-7-10(19(2)18-9)13(17)11(8-12(15)16)23-14(21)20-3-5-22-6-4-20/h7-8,16,18H,3-6,17H2,1-2H3. The molecule has 0 saturated carbocycles. The third-order valence-corrected chi connectivity index (χ3v) is 3.43. The van der Waals surface area contributed by atoms with Gasteiger partial charge in [-0.3, -0.25) is 10.4 Å². The zero-order chi connectivity index (χ0) is 17.0. The molecule has 1 fully saturated rings. The van der Waals surface area contributed by atoms with Gasteiger partial charge in [-0.1, -0.05) is 11.6 Å². The van der Waals surface area contributed by atoms with Crippen LogP contribution in [0.4, 0.5) is 4.79 Å². The lowest BCUT2D eigenvalue weighted by Gasteiger charge is -2.26. The van der Waals surface area contributed by atoms with E-state index in [9.17, 15) is 4.79 Å². The molecule has 0 aromatic heterocycles. The van der Waals surface area contributed by atoms with E-state index in [1.165, 1.54) is 11.0 Å². The SMILES string of the molecule is CC1=CC(=C(N)C(=CC(=N)Cl)OC(=O)N2CCOCC2)N(C)N1. The molecule has 2 heterocycles. The summed E-state index contributed by atoms with van der Waals surface area (Å²) in [5.41, 5.74) is 10.9. The Bertz CT molecular complexity index is 593. The molecule has 0 aromatic rings. The number of hydrazine groups is 1. The molecule has 0 atom stereocenters. The van der Waals surface area contributed by atoms with Crippen molar-refractivity contribution in [1.82, 2.24) is 15.3 Å². The van der Waals surface area contributed by atoms with Crippen LogP contribution in [0.15, 0.2) is 35.0 Å². The fourth-order valence-corrected chi connectivity index (χ4v) is 2.32. The molecule has 0 aliphatic carbocycles. The first-order valence-corrected chi connectivity index (χ1v) is 7.45. The number of allylic oxidation sites excluding steroid dienone is 3. The normalized spacial score (nSPS) is 20.8. The van der Waals surface area contributed by atoms with Gasteiger partial charge in [0.1, 0.15) is 10.9 Å². The fraction of sp³-hybridized carbons (Fsp3) is 0.429. The van der Waals surface area contributed by atoms with Crippen molar-refractivity contribution in [2.24, 2.45) is 5.73 Å². The van der Waals surface area contributed by atoms with Crippen molar-refractivity contribution in [2.45, 2.75) is 6.92 Å². The maximum atomic E-state index is 12.2. The van der Waals surface area contributed by atoms with Crippen LogP contribution in [0.2, 0.25) is 0 Å². The molecule has 8 nitrogen and oxygen atoms in total. The number of halogens is 1. The average molecular weight is 342 g/mol. The van der Waals surface area contributed by atoms with E-state index in [1.54, 1.807) is 12.1 Å². The third-order valence-electron chi connectivity index (χ3n) is 3.32. The Balaban J connectivity index is 2.22. The molecule has 0 unspecified atom stereocenters. The van der Waals surface area contributed by atoms with E-state index < -0.39 is 6.09 Å². The molecular formula is C14H20ClN5O3. The highest BCUT2D eigenvalue weighted by Crippen LogP contribution is 2.21. The molecule has 1 amide bonds. The Morgan fingerprint density at radius 3 is 2.70 bits per heavy atom. The van der Waals surface area contributed by atoms with E-state index in [4.69, 9.17) is 32.2 Å². The van der Waals surface area contributed by atoms with Crippen LogP contribution in [-0.4, -0.2) is 54.5 Å². The van der Waals surface area contributed by atoms with Crippen LogP contribution in [-0.2, 0) is 9.47 Å². The predicted molar refractivity (Wildman–Crippen MR) is 86.4 cm³/mol. The summed E-state index contributed by atoms with van der Waals surface area (Å²) in [7, 11) is 1.78. The van der Waals surface area contributed by atoms with Gasteiger partial charge in [-0.05, 0) is 13.0 Å². The van der Waals surface area contributed by atoms with Crippen LogP contribution in [0, 0.1) is 5.41 Å². The highest BCUT2D eigenvalue weighted by Gasteiger charge is 2.23. The molecule has 126 valence electrons. The van der Waals surface area contributed by atoms with Gasteiger partial charge in [0.05, 0.1) is 18.9 Å². The lowest BCUT2D eigenvalue weighted by molar-refractivity contribution is 0.0354. The van der Waals surface area contributed by atoms with E-state index in [1.807, 2.05) is 13.0 Å². The molecule has 0 bridgehead atoms. The van der Waals surface area contributed by atoms with Crippen LogP contribution >= 0.6 is 11.6 Å². The minimum Gasteiger partial charge on any atom is -0.408 e. The van der Waals surface area contributed by atoms with Crippen molar-refractivity contribution < 1.29 is 14.3 Å². The summed E-state index contributed by atoms with van der Waals surface area (Å²) in [6.45, 7) is 3.70. The summed E-state index contributed by atoms with van der Waals surface area (Å²) in [5, 5.41) is 8.82. The van der Waals surface area contributed by atoms with Crippen LogP contribution in [0.5, 0.6) is 0 Å². The van der Waals surface area contributed by atoms with Crippen LogP contribution < -0.4 is 11.2 Å². The number of nitrogens with two attached hydrogens (primary N) is 1. The van der Waals surface area contributed by atoms with E-state index in [-0.39, 0.29) is 16.6 Å². The van der Waals surface area contributed by atoms with Gasteiger partial charge >= 0.3 is 6.09 Å². The number of hydrogen-bond donors (Lipinski definition) is 3. The summed E-state index contributed by atoms with van der Waals surface area (Å²) in [5.74, 6) is 0.0380. The molecule has 2 rings (SSSR count). The Hall–Kier alpha value is -2.19. The first-order chi connectivity index (χ1) is 10.9. The van der Waals surface area contributed by atoms with Crippen molar-refractivity contribution in [2.75, 3.05) is 33.4 Å². The van der Waals surface area contributed by atoms with Gasteiger partial charge < -0.3 is 25.5 Å². The first-order valence-electron chi connectivity index (χ1n) is 7.07. The highest BCUT2D eigenvalue weighted by molar-refractivity contribution is 6.67. The third kappa shape index (κ3) is 4.40. The van der Waals surface area contributed by atoms with Crippen LogP contribution in [0.1, 0.15) is 6.92 Å². The monoisotopic (exact) mass is 341 g/mol. The van der Waals surface area contributed by atoms with Gasteiger partial charge in [-0.2, -0.15) is 0 Å². The first kappa shape index (κ1) is 17.2. The van der Waals surface area contributed by atoms with E-state index in [0.29, 0.717) is 32.0 Å². The molecular weight excluding hydrogens is 322 g/mol. The lowest BCUT2D eigenvalue weighted by Crippen LogP contribution is -2.41. The van der Waals surface area contributed by atoms with Crippen molar-refractivity contribution >= 4 is 22.9 Å². The quantitative estimate of drug-likeness (QED) is 0.524. The smallest absolute Gasteiger partial charge is 0.408 e. The number of rotatable bonds is 3. The van der Waals surface area contributed by atoms with Gasteiger partial charge in [0.15, 0.2) is 5.76 Å². The number of likely N-dealkylation sites (N-methyl/N-ethyl adjacent to an activating group) is 1. The zero-order valence-corrected chi connectivity index (χ0v) is 13.8. The minimum absolute atomic E-state index is 0.0380. The molecule has 2 aliphatic heterocycles. The molecule has 23 heavy (non-hydrogen) atoms. The van der Waals surface area contributed by atoms with Gasteiger partial charge in [0.25, 0.3) is 0 Å². The Morgan fingerprint density at radius 2 is 2.17 bits per heavy atom. The molecule has 4 N–H and O–H groups in total. The number of carbonyl (C=O) groups excluding carboxylic acids is 1. The van der Waals surface area contributed by atoms with Crippen molar-refractivity contribution in [3.05, 3.63) is 35.0 Å². The lowest BCUT2D eigenvalue weighted by atomic mass is 10.2. The maximum Gasteiger partial charge on any atom is 0.415 e. The summed E-state index contributed by atoms with van der Waals surface area (Å²) in [4.78, 5) is 13.7. The number of nitrogens with one attached hydrogen (secondary N) is 2. The van der Waals surface area contributed by atoms with Gasteiger partial charge in [-0.25, -0.2) is 4.79 Å². The summed E-state index contributed by atoms with van der Waals surface area (Å²) < 4.78 is 10.6. The number of carbonyl (C=O) groups is 1. The second-order valence-electron chi connectivity index (χ2n) is 5.12. The Labute approximate surface area is 139 Å². The molecule has 0 radical (unpaired) electrons.